The maximum absolute atomic E-state index is 12.5. The number of nitrogens with two attached hydrogens (primary N) is 1. The topological polar surface area (TPSA) is 46.3 Å². The zero-order chi connectivity index (χ0) is 12.8. The van der Waals surface area contributed by atoms with E-state index in [2.05, 4.69) is 6.58 Å². The lowest BCUT2D eigenvalue weighted by Gasteiger charge is -2.37. The number of amides is 1. The molecule has 0 aromatic rings. The lowest BCUT2D eigenvalue weighted by Crippen LogP contribution is -2.50. The smallest absolute Gasteiger partial charge is 0.230 e. The third kappa shape index (κ3) is 3.08. The van der Waals surface area contributed by atoms with Crippen LogP contribution in [-0.2, 0) is 4.79 Å². The minimum atomic E-state index is -0.396. The van der Waals surface area contributed by atoms with Crippen molar-refractivity contribution in [2.75, 3.05) is 13.1 Å². The van der Waals surface area contributed by atoms with E-state index in [-0.39, 0.29) is 11.9 Å². The van der Waals surface area contributed by atoms with Crippen molar-refractivity contribution in [2.24, 2.45) is 11.1 Å². The van der Waals surface area contributed by atoms with Crippen molar-refractivity contribution in [3.63, 3.8) is 0 Å². The predicted octanol–water partition coefficient (Wildman–Crippen LogP) is 2.17. The van der Waals surface area contributed by atoms with Gasteiger partial charge in [0, 0.05) is 19.1 Å². The standard InChI is InChI=1S/C13H26N2O/c1-6-9-15(11(4)5)12(16)13(7-2,8-3)10-14/h6,11H,1,7-10,14H2,2-5H3. The molecule has 0 fully saturated rings. The molecule has 1 amide bonds. The van der Waals surface area contributed by atoms with Gasteiger partial charge in [-0.3, -0.25) is 4.79 Å². The van der Waals surface area contributed by atoms with Gasteiger partial charge in [0.15, 0.2) is 0 Å². The van der Waals surface area contributed by atoms with Crippen molar-refractivity contribution in [3.05, 3.63) is 12.7 Å². The van der Waals surface area contributed by atoms with Gasteiger partial charge in [-0.2, -0.15) is 0 Å². The number of carbonyl (C=O) groups is 1. The van der Waals surface area contributed by atoms with E-state index in [9.17, 15) is 4.79 Å². The minimum absolute atomic E-state index is 0.162. The molecule has 16 heavy (non-hydrogen) atoms. The van der Waals surface area contributed by atoms with Crippen LogP contribution in [0.25, 0.3) is 0 Å². The van der Waals surface area contributed by atoms with E-state index < -0.39 is 5.41 Å². The first-order chi connectivity index (χ1) is 7.48. The molecule has 0 saturated heterocycles. The highest BCUT2D eigenvalue weighted by molar-refractivity contribution is 5.83. The van der Waals surface area contributed by atoms with Crippen LogP contribution in [0.2, 0.25) is 0 Å². The Morgan fingerprint density at radius 1 is 1.44 bits per heavy atom. The molecule has 0 unspecified atom stereocenters. The molecule has 0 rings (SSSR count). The Morgan fingerprint density at radius 2 is 1.94 bits per heavy atom. The molecule has 0 aliphatic heterocycles. The van der Waals surface area contributed by atoms with Crippen LogP contribution in [-0.4, -0.2) is 29.9 Å². The molecule has 0 bridgehead atoms. The number of nitrogens with zero attached hydrogens (tertiary/aromatic N) is 1. The molecule has 3 nitrogen and oxygen atoms in total. The van der Waals surface area contributed by atoms with Gasteiger partial charge in [0.1, 0.15) is 0 Å². The summed E-state index contributed by atoms with van der Waals surface area (Å²) in [6, 6.07) is 0.189. The largest absolute Gasteiger partial charge is 0.336 e. The number of carbonyl (C=O) groups excluding carboxylic acids is 1. The van der Waals surface area contributed by atoms with Crippen LogP contribution in [0, 0.1) is 5.41 Å². The molecule has 2 N–H and O–H groups in total. The first kappa shape index (κ1) is 15.2. The summed E-state index contributed by atoms with van der Waals surface area (Å²) in [5.41, 5.74) is 5.39. The van der Waals surface area contributed by atoms with Gasteiger partial charge in [-0.15, -0.1) is 6.58 Å². The summed E-state index contributed by atoms with van der Waals surface area (Å²) < 4.78 is 0. The zero-order valence-corrected chi connectivity index (χ0v) is 11.1. The summed E-state index contributed by atoms with van der Waals surface area (Å²) >= 11 is 0. The fourth-order valence-corrected chi connectivity index (χ4v) is 1.90. The molecule has 0 saturated carbocycles. The Balaban J connectivity index is 5.01. The highest BCUT2D eigenvalue weighted by Crippen LogP contribution is 2.28. The third-order valence-corrected chi connectivity index (χ3v) is 3.41. The fourth-order valence-electron chi connectivity index (χ4n) is 1.90. The molecule has 0 heterocycles. The van der Waals surface area contributed by atoms with Crippen LogP contribution in [0.5, 0.6) is 0 Å². The minimum Gasteiger partial charge on any atom is -0.336 e. The monoisotopic (exact) mass is 226 g/mol. The van der Waals surface area contributed by atoms with E-state index in [0.29, 0.717) is 13.1 Å². The van der Waals surface area contributed by atoms with E-state index in [1.807, 2.05) is 32.6 Å². The normalized spacial score (nSPS) is 11.6. The van der Waals surface area contributed by atoms with Gasteiger partial charge in [-0.05, 0) is 26.7 Å². The average molecular weight is 226 g/mol. The van der Waals surface area contributed by atoms with Gasteiger partial charge in [-0.1, -0.05) is 19.9 Å². The van der Waals surface area contributed by atoms with Gasteiger partial charge in [0.05, 0.1) is 5.41 Å². The van der Waals surface area contributed by atoms with E-state index >= 15 is 0 Å². The van der Waals surface area contributed by atoms with Crippen LogP contribution in [0.15, 0.2) is 12.7 Å². The van der Waals surface area contributed by atoms with Crippen LogP contribution >= 0.6 is 0 Å². The lowest BCUT2D eigenvalue weighted by molar-refractivity contribution is -0.143. The second-order valence-corrected chi connectivity index (χ2v) is 4.53. The van der Waals surface area contributed by atoms with Gasteiger partial charge in [0.25, 0.3) is 0 Å². The summed E-state index contributed by atoms with van der Waals surface area (Å²) in [7, 11) is 0. The molecule has 3 heteroatoms. The summed E-state index contributed by atoms with van der Waals surface area (Å²) in [5.74, 6) is 0.162. The van der Waals surface area contributed by atoms with Crippen molar-refractivity contribution < 1.29 is 4.79 Å². The molecule has 0 aromatic heterocycles. The van der Waals surface area contributed by atoms with E-state index in [1.54, 1.807) is 6.08 Å². The van der Waals surface area contributed by atoms with Crippen LogP contribution < -0.4 is 5.73 Å². The molecular weight excluding hydrogens is 200 g/mol. The first-order valence-corrected chi connectivity index (χ1v) is 6.11. The zero-order valence-electron chi connectivity index (χ0n) is 11.1. The lowest BCUT2D eigenvalue weighted by atomic mass is 9.80. The van der Waals surface area contributed by atoms with Crippen LogP contribution in [0.3, 0.4) is 0 Å². The predicted molar refractivity (Wildman–Crippen MR) is 69.1 cm³/mol. The quantitative estimate of drug-likeness (QED) is 0.676. The Labute approximate surface area is 99.7 Å². The Hall–Kier alpha value is -0.830. The Kier molecular flexibility index (Phi) is 6.34. The van der Waals surface area contributed by atoms with Crippen LogP contribution in [0.1, 0.15) is 40.5 Å². The Bertz CT molecular complexity index is 224. The summed E-state index contributed by atoms with van der Waals surface area (Å²) in [4.78, 5) is 14.3. The fraction of sp³-hybridized carbons (Fsp3) is 0.769. The van der Waals surface area contributed by atoms with Crippen molar-refractivity contribution >= 4 is 5.91 Å². The molecule has 0 aromatic carbocycles. The SMILES string of the molecule is C=CCN(C(=O)C(CC)(CC)CN)C(C)C. The Morgan fingerprint density at radius 3 is 2.19 bits per heavy atom. The maximum atomic E-state index is 12.5. The van der Waals surface area contributed by atoms with E-state index in [4.69, 9.17) is 5.73 Å². The van der Waals surface area contributed by atoms with Gasteiger partial charge >= 0.3 is 0 Å². The van der Waals surface area contributed by atoms with Crippen molar-refractivity contribution in [3.8, 4) is 0 Å². The van der Waals surface area contributed by atoms with Crippen molar-refractivity contribution in [1.29, 1.82) is 0 Å². The number of hydrogen-bond acceptors (Lipinski definition) is 2. The molecule has 0 spiro atoms. The van der Waals surface area contributed by atoms with Gasteiger partial charge < -0.3 is 10.6 Å². The second kappa shape index (κ2) is 6.69. The average Bonchev–Trinajstić information content (AvgIpc) is 2.28. The van der Waals surface area contributed by atoms with Gasteiger partial charge in [0.2, 0.25) is 5.91 Å². The summed E-state index contributed by atoms with van der Waals surface area (Å²) in [5, 5.41) is 0. The second-order valence-electron chi connectivity index (χ2n) is 4.53. The van der Waals surface area contributed by atoms with Gasteiger partial charge in [-0.25, -0.2) is 0 Å². The third-order valence-electron chi connectivity index (χ3n) is 3.41. The molecule has 94 valence electrons. The molecule has 0 atom stereocenters. The molecule has 0 aliphatic rings. The number of hydrogen-bond donors (Lipinski definition) is 1. The van der Waals surface area contributed by atoms with Crippen molar-refractivity contribution in [1.82, 2.24) is 4.90 Å². The maximum Gasteiger partial charge on any atom is 0.230 e. The molecular formula is C13H26N2O. The van der Waals surface area contributed by atoms with Crippen LogP contribution in [0.4, 0.5) is 0 Å². The highest BCUT2D eigenvalue weighted by Gasteiger charge is 2.37. The molecule has 0 aliphatic carbocycles. The summed E-state index contributed by atoms with van der Waals surface area (Å²) in [6.45, 7) is 12.8. The molecule has 0 radical (unpaired) electrons. The van der Waals surface area contributed by atoms with E-state index in [0.717, 1.165) is 12.8 Å². The van der Waals surface area contributed by atoms with E-state index in [1.165, 1.54) is 0 Å². The van der Waals surface area contributed by atoms with Crippen molar-refractivity contribution in [2.45, 2.75) is 46.6 Å². The first-order valence-electron chi connectivity index (χ1n) is 6.11. The highest BCUT2D eigenvalue weighted by atomic mass is 16.2. The number of rotatable bonds is 7. The summed E-state index contributed by atoms with van der Waals surface area (Å²) in [6.07, 6.45) is 3.35.